The molecule has 1 heteroatoms. The molecule has 1 aliphatic rings. The third-order valence-corrected chi connectivity index (χ3v) is 18.7. The van der Waals surface area contributed by atoms with Gasteiger partial charge in [0, 0.05) is 0 Å². The largest absolute Gasteiger partial charge is 0.179 e. The molecular formula is C68H62Si. The molecule has 0 spiro atoms. The van der Waals surface area contributed by atoms with E-state index in [0.717, 1.165) is 44.9 Å². The smallest absolute Gasteiger partial charge is 0.0801 e. The molecule has 0 saturated heterocycles. The van der Waals surface area contributed by atoms with Crippen LogP contribution in [-0.4, -0.2) is 8.07 Å². The van der Waals surface area contributed by atoms with Crippen molar-refractivity contribution in [2.45, 2.75) is 58.8 Å². The summed E-state index contributed by atoms with van der Waals surface area (Å²) in [6, 6.07) is 89.9. The topological polar surface area (TPSA) is 0 Å². The van der Waals surface area contributed by atoms with E-state index in [9.17, 15) is 0 Å². The van der Waals surface area contributed by atoms with Crippen molar-refractivity contribution in [2.24, 2.45) is 5.92 Å². The van der Waals surface area contributed by atoms with Crippen LogP contribution in [0.5, 0.6) is 0 Å². The van der Waals surface area contributed by atoms with Crippen LogP contribution in [0.2, 0.25) is 0 Å². The van der Waals surface area contributed by atoms with Crippen LogP contribution in [0, 0.1) is 5.92 Å². The Morgan fingerprint density at radius 1 is 0.290 bits per heavy atom. The molecule has 0 radical (unpaired) electrons. The van der Waals surface area contributed by atoms with Gasteiger partial charge in [-0.2, -0.15) is 0 Å². The maximum Gasteiger partial charge on any atom is 0.179 e. The predicted molar refractivity (Wildman–Crippen MR) is 295 cm³/mol. The number of benzene rings is 9. The highest BCUT2D eigenvalue weighted by Crippen LogP contribution is 2.35. The van der Waals surface area contributed by atoms with E-state index in [1.165, 1.54) is 87.9 Å². The Balaban J connectivity index is 1.31. The summed E-state index contributed by atoms with van der Waals surface area (Å²) in [7, 11) is -3.22. The first-order chi connectivity index (χ1) is 33.9. The van der Waals surface area contributed by atoms with E-state index in [1.54, 1.807) is 5.20 Å². The summed E-state index contributed by atoms with van der Waals surface area (Å²) in [6.07, 6.45) is 11.4. The number of rotatable bonds is 17. The van der Waals surface area contributed by atoms with E-state index in [1.807, 2.05) is 0 Å². The van der Waals surface area contributed by atoms with Crippen molar-refractivity contribution in [3.05, 3.63) is 326 Å². The van der Waals surface area contributed by atoms with Crippen molar-refractivity contribution in [1.29, 1.82) is 0 Å². The molecule has 0 amide bonds. The summed E-state index contributed by atoms with van der Waals surface area (Å²) in [4.78, 5) is 0. The second-order valence-corrected chi connectivity index (χ2v) is 23.3. The fraction of sp³-hybridized carbons (Fsp3) is 0.147. The molecule has 0 bridgehead atoms. The van der Waals surface area contributed by atoms with Gasteiger partial charge < -0.3 is 0 Å². The summed E-state index contributed by atoms with van der Waals surface area (Å²) in [5, 5.41) is 5.94. The predicted octanol–water partition coefficient (Wildman–Crippen LogP) is 14.2. The second-order valence-electron chi connectivity index (χ2n) is 19.5. The van der Waals surface area contributed by atoms with Crippen LogP contribution in [0.3, 0.4) is 0 Å². The Kier molecular flexibility index (Phi) is 14.0. The van der Waals surface area contributed by atoms with Crippen LogP contribution in [0.15, 0.2) is 260 Å². The molecule has 0 atom stereocenters. The van der Waals surface area contributed by atoms with Crippen LogP contribution in [0.4, 0.5) is 0 Å². The highest BCUT2D eigenvalue weighted by Gasteiger charge is 2.46. The van der Waals surface area contributed by atoms with Crippen LogP contribution >= 0.6 is 0 Å². The molecule has 0 unspecified atom stereocenters. The van der Waals surface area contributed by atoms with Gasteiger partial charge in [0.1, 0.15) is 0 Å². The van der Waals surface area contributed by atoms with E-state index >= 15 is 0 Å². The minimum absolute atomic E-state index is 0.356. The van der Waals surface area contributed by atoms with E-state index in [0.29, 0.717) is 5.92 Å². The monoisotopic (exact) mass is 906 g/mol. The van der Waals surface area contributed by atoms with Crippen molar-refractivity contribution >= 4 is 23.6 Å². The fourth-order valence-corrected chi connectivity index (χ4v) is 16.5. The van der Waals surface area contributed by atoms with Crippen LogP contribution in [-0.2, 0) is 38.5 Å². The standard InChI is InChI=1S/C68H62Si/c1-51(2)67-34-21-35-68(67)69(64-45-58(36-52-22-9-3-10-23-52)42-59(46-64)37-53-24-11-4-12-25-53,65-47-60(38-54-26-13-5-14-27-54)43-61(48-65)39-55-28-15-6-16-29-55)66-49-62(40-56-30-17-7-18-31-56)44-63(50-66)41-57-32-19-8-20-33-57/h3-20,22-35,42-51H,21,36-41H2,1-2H3. The molecule has 0 saturated carbocycles. The van der Waals surface area contributed by atoms with Crippen molar-refractivity contribution in [3.63, 3.8) is 0 Å². The van der Waals surface area contributed by atoms with Gasteiger partial charge in [-0.3, -0.25) is 0 Å². The summed E-state index contributed by atoms with van der Waals surface area (Å²) in [5.41, 5.74) is 17.7. The van der Waals surface area contributed by atoms with E-state index in [4.69, 9.17) is 0 Å². The first-order valence-electron chi connectivity index (χ1n) is 25.0. The summed E-state index contributed by atoms with van der Waals surface area (Å²) < 4.78 is 0. The fourth-order valence-electron chi connectivity index (χ4n) is 11.0. The SMILES string of the molecule is CC(C)C1=CCC=C1[Si](c1cc(Cc2ccccc2)cc(Cc2ccccc2)c1)(c1cc(Cc2ccccc2)cc(Cc2ccccc2)c1)c1cc(Cc2ccccc2)cc(Cc2ccccc2)c1. The van der Waals surface area contributed by atoms with Gasteiger partial charge >= 0.3 is 0 Å². The van der Waals surface area contributed by atoms with Crippen molar-refractivity contribution in [2.75, 3.05) is 0 Å². The molecule has 0 N–H and O–H groups in total. The van der Waals surface area contributed by atoms with Gasteiger partial charge in [-0.25, -0.2) is 0 Å². The number of hydrogen-bond donors (Lipinski definition) is 0. The van der Waals surface area contributed by atoms with Crippen LogP contribution in [0.25, 0.3) is 0 Å². The molecule has 9 aromatic rings. The van der Waals surface area contributed by atoms with Gasteiger partial charge in [0.15, 0.2) is 8.07 Å². The van der Waals surface area contributed by atoms with Gasteiger partial charge in [-0.1, -0.05) is 263 Å². The highest BCUT2D eigenvalue weighted by molar-refractivity contribution is 7.16. The number of hydrogen-bond acceptors (Lipinski definition) is 0. The van der Waals surface area contributed by atoms with Gasteiger partial charge in [0.05, 0.1) is 0 Å². The lowest BCUT2D eigenvalue weighted by Gasteiger charge is -2.39. The third kappa shape index (κ3) is 10.9. The zero-order chi connectivity index (χ0) is 46.8. The molecule has 69 heavy (non-hydrogen) atoms. The third-order valence-electron chi connectivity index (χ3n) is 14.0. The Hall–Kier alpha value is -7.32. The molecule has 338 valence electrons. The highest BCUT2D eigenvalue weighted by atomic mass is 28.3. The van der Waals surface area contributed by atoms with Gasteiger partial charge in [0.2, 0.25) is 0 Å². The summed E-state index contributed by atoms with van der Waals surface area (Å²) in [5.74, 6) is 0.356. The van der Waals surface area contributed by atoms with Crippen molar-refractivity contribution in [3.8, 4) is 0 Å². The average molecular weight is 907 g/mol. The first kappa shape index (κ1) is 45.5. The first-order valence-corrected chi connectivity index (χ1v) is 27.0. The molecule has 0 aliphatic heterocycles. The molecule has 0 nitrogen and oxygen atoms in total. The van der Waals surface area contributed by atoms with E-state index in [-0.39, 0.29) is 0 Å². The van der Waals surface area contributed by atoms with Crippen LogP contribution < -0.4 is 15.6 Å². The lowest BCUT2D eigenvalue weighted by molar-refractivity contribution is 0.788. The Morgan fingerprint density at radius 2 is 0.522 bits per heavy atom. The molecular weight excluding hydrogens is 845 g/mol. The normalized spacial score (nSPS) is 12.5. The average Bonchev–Trinajstić information content (AvgIpc) is 3.87. The molecule has 0 heterocycles. The minimum Gasteiger partial charge on any atom is -0.0801 e. The molecule has 9 aromatic carbocycles. The zero-order valence-corrected chi connectivity index (χ0v) is 41.2. The molecule has 1 aliphatic carbocycles. The van der Waals surface area contributed by atoms with Crippen molar-refractivity contribution in [1.82, 2.24) is 0 Å². The van der Waals surface area contributed by atoms with E-state index in [2.05, 4.69) is 263 Å². The molecule has 10 rings (SSSR count). The maximum absolute atomic E-state index is 3.22. The maximum atomic E-state index is 2.65. The Bertz CT molecular complexity index is 2670. The van der Waals surface area contributed by atoms with Gasteiger partial charge in [0.25, 0.3) is 0 Å². The second kappa shape index (κ2) is 21.3. The zero-order valence-electron chi connectivity index (χ0n) is 40.2. The summed E-state index contributed by atoms with van der Waals surface area (Å²) >= 11 is 0. The molecule has 0 fully saturated rings. The lowest BCUT2D eigenvalue weighted by atomic mass is 9.99. The van der Waals surface area contributed by atoms with Gasteiger partial charge in [-0.05, 0) is 144 Å². The number of allylic oxidation sites excluding steroid dienone is 4. The quantitative estimate of drug-likeness (QED) is 0.0631. The Morgan fingerprint density at radius 3 is 0.739 bits per heavy atom. The Labute approximate surface area is 412 Å². The minimum atomic E-state index is -3.22. The summed E-state index contributed by atoms with van der Waals surface area (Å²) in [6.45, 7) is 4.83. The van der Waals surface area contributed by atoms with Gasteiger partial charge in [-0.15, -0.1) is 0 Å². The van der Waals surface area contributed by atoms with Crippen molar-refractivity contribution < 1.29 is 0 Å². The van der Waals surface area contributed by atoms with Crippen LogP contribution in [0.1, 0.15) is 87.0 Å². The lowest BCUT2D eigenvalue weighted by Crippen LogP contribution is -2.69. The van der Waals surface area contributed by atoms with E-state index < -0.39 is 8.07 Å². The molecule has 0 aromatic heterocycles.